The summed E-state index contributed by atoms with van der Waals surface area (Å²) in [6.45, 7) is 4.16. The lowest BCUT2D eigenvalue weighted by Crippen LogP contribution is -2.33. The van der Waals surface area contributed by atoms with Crippen LogP contribution in [0.25, 0.3) is 0 Å². The molecule has 2 aromatic carbocycles. The number of halogens is 1. The first-order valence-electron chi connectivity index (χ1n) is 8.22. The molecule has 1 heterocycles. The van der Waals surface area contributed by atoms with Crippen molar-refractivity contribution in [1.82, 2.24) is 5.32 Å². The van der Waals surface area contributed by atoms with Gasteiger partial charge in [0.15, 0.2) is 0 Å². The van der Waals surface area contributed by atoms with Crippen molar-refractivity contribution in [2.45, 2.75) is 32.2 Å². The second kappa shape index (κ2) is 6.31. The van der Waals surface area contributed by atoms with Gasteiger partial charge in [-0.1, -0.05) is 24.3 Å². The van der Waals surface area contributed by atoms with Crippen molar-refractivity contribution < 1.29 is 14.0 Å². The molecule has 0 unspecified atom stereocenters. The molecule has 1 aliphatic rings. The molecule has 2 aromatic rings. The summed E-state index contributed by atoms with van der Waals surface area (Å²) in [5.41, 5.74) is 2.97. The van der Waals surface area contributed by atoms with E-state index in [1.807, 2.05) is 32.0 Å². The minimum atomic E-state index is -0.579. The lowest BCUT2D eigenvalue weighted by Gasteiger charge is -2.16. The highest BCUT2D eigenvalue weighted by atomic mass is 19.1. The summed E-state index contributed by atoms with van der Waals surface area (Å²) in [5, 5.41) is 2.83. The molecule has 1 N–H and O–H groups in total. The number of amides is 2. The van der Waals surface area contributed by atoms with Gasteiger partial charge < -0.3 is 10.2 Å². The summed E-state index contributed by atoms with van der Waals surface area (Å²) >= 11 is 0. The van der Waals surface area contributed by atoms with Crippen LogP contribution >= 0.6 is 0 Å². The highest BCUT2D eigenvalue weighted by Crippen LogP contribution is 2.41. The van der Waals surface area contributed by atoms with Crippen LogP contribution in [0.1, 0.15) is 30.5 Å². The molecule has 0 fully saturated rings. The first kappa shape index (κ1) is 17.1. The maximum absolute atomic E-state index is 12.9. The molecule has 1 aliphatic heterocycles. The van der Waals surface area contributed by atoms with E-state index in [2.05, 4.69) is 5.32 Å². The molecule has 2 amide bonds. The minimum absolute atomic E-state index is 0.0559. The number of likely N-dealkylation sites (N-methyl/N-ethyl adjacent to an activating group) is 1. The van der Waals surface area contributed by atoms with Crippen LogP contribution in [0.15, 0.2) is 42.5 Å². The van der Waals surface area contributed by atoms with E-state index in [0.717, 1.165) is 22.4 Å². The van der Waals surface area contributed by atoms with E-state index in [9.17, 15) is 14.0 Å². The zero-order chi connectivity index (χ0) is 18.2. The molecule has 0 bridgehead atoms. The van der Waals surface area contributed by atoms with Gasteiger partial charge in [-0.3, -0.25) is 9.59 Å². The van der Waals surface area contributed by atoms with E-state index < -0.39 is 5.41 Å². The van der Waals surface area contributed by atoms with Gasteiger partial charge in [0.1, 0.15) is 5.82 Å². The average Bonchev–Trinajstić information content (AvgIpc) is 2.75. The van der Waals surface area contributed by atoms with Crippen molar-refractivity contribution in [2.24, 2.45) is 0 Å². The van der Waals surface area contributed by atoms with Crippen LogP contribution in [0.2, 0.25) is 0 Å². The average molecular weight is 340 g/mol. The molecule has 0 saturated carbocycles. The molecule has 0 spiro atoms. The van der Waals surface area contributed by atoms with E-state index in [-0.39, 0.29) is 24.1 Å². The van der Waals surface area contributed by atoms with Crippen molar-refractivity contribution in [3.63, 3.8) is 0 Å². The molecule has 0 radical (unpaired) electrons. The van der Waals surface area contributed by atoms with Gasteiger partial charge >= 0.3 is 0 Å². The summed E-state index contributed by atoms with van der Waals surface area (Å²) in [5.74, 6) is -0.351. The molecule has 0 atom stereocenters. The maximum atomic E-state index is 12.9. The number of nitrogens with zero attached hydrogens (tertiary/aromatic N) is 1. The Hall–Kier alpha value is -2.69. The smallest absolute Gasteiger partial charge is 0.236 e. The van der Waals surface area contributed by atoms with Crippen LogP contribution in [-0.2, 0) is 28.0 Å². The monoisotopic (exact) mass is 340 g/mol. The van der Waals surface area contributed by atoms with Crippen LogP contribution in [0.3, 0.4) is 0 Å². The molecular weight excluding hydrogens is 319 g/mol. The summed E-state index contributed by atoms with van der Waals surface area (Å²) in [6, 6.07) is 11.7. The van der Waals surface area contributed by atoms with Gasteiger partial charge in [-0.25, -0.2) is 4.39 Å². The Morgan fingerprint density at radius 1 is 1.12 bits per heavy atom. The van der Waals surface area contributed by atoms with Crippen LogP contribution in [0.5, 0.6) is 0 Å². The number of benzene rings is 2. The zero-order valence-electron chi connectivity index (χ0n) is 14.6. The molecule has 0 aliphatic carbocycles. The van der Waals surface area contributed by atoms with Crippen molar-refractivity contribution in [3.05, 3.63) is 65.0 Å². The second-order valence-electron chi connectivity index (χ2n) is 6.92. The third-order valence-electron chi connectivity index (χ3n) is 4.70. The number of anilines is 1. The molecule has 0 saturated heterocycles. The predicted octanol–water partition coefficient (Wildman–Crippen LogP) is 2.94. The number of hydrogen-bond acceptors (Lipinski definition) is 2. The standard InChI is InChI=1S/C20H21FN2O2/c1-20(2)16-10-14(6-9-17(16)23(3)19(20)25)11-18(24)22-12-13-4-7-15(21)8-5-13/h4-10H,11-12H2,1-3H3,(H,22,24). The second-order valence-corrected chi connectivity index (χ2v) is 6.92. The lowest BCUT2D eigenvalue weighted by atomic mass is 9.85. The van der Waals surface area contributed by atoms with Gasteiger partial charge in [-0.05, 0) is 48.7 Å². The van der Waals surface area contributed by atoms with Gasteiger partial charge in [0.05, 0.1) is 11.8 Å². The van der Waals surface area contributed by atoms with E-state index in [1.165, 1.54) is 12.1 Å². The van der Waals surface area contributed by atoms with Crippen molar-refractivity contribution in [2.75, 3.05) is 11.9 Å². The summed E-state index contributed by atoms with van der Waals surface area (Å²) < 4.78 is 12.9. The maximum Gasteiger partial charge on any atom is 0.236 e. The molecule has 0 aromatic heterocycles. The molecule has 3 rings (SSSR count). The first-order chi connectivity index (χ1) is 11.8. The van der Waals surface area contributed by atoms with E-state index in [1.54, 1.807) is 24.1 Å². The lowest BCUT2D eigenvalue weighted by molar-refractivity contribution is -0.122. The fraction of sp³-hybridized carbons (Fsp3) is 0.300. The number of nitrogens with one attached hydrogen (secondary N) is 1. The number of fused-ring (bicyclic) bond motifs is 1. The highest BCUT2D eigenvalue weighted by molar-refractivity contribution is 6.07. The summed E-state index contributed by atoms with van der Waals surface area (Å²) in [6.07, 6.45) is 0.239. The molecular formula is C20H21FN2O2. The Kier molecular flexibility index (Phi) is 4.33. The topological polar surface area (TPSA) is 49.4 Å². The number of carbonyl (C=O) groups is 2. The number of carbonyl (C=O) groups excluding carboxylic acids is 2. The van der Waals surface area contributed by atoms with Crippen LogP contribution < -0.4 is 10.2 Å². The van der Waals surface area contributed by atoms with Gasteiger partial charge in [-0.15, -0.1) is 0 Å². The SMILES string of the molecule is CN1C(=O)C(C)(C)c2cc(CC(=O)NCc3ccc(F)cc3)ccc21. The summed E-state index contributed by atoms with van der Waals surface area (Å²) in [4.78, 5) is 26.2. The van der Waals surface area contributed by atoms with Crippen LogP contribution in [-0.4, -0.2) is 18.9 Å². The molecule has 4 nitrogen and oxygen atoms in total. The Bertz CT molecular complexity index is 828. The number of rotatable bonds is 4. The van der Waals surface area contributed by atoms with Gasteiger partial charge in [-0.2, -0.15) is 0 Å². The van der Waals surface area contributed by atoms with Crippen LogP contribution in [0.4, 0.5) is 10.1 Å². The van der Waals surface area contributed by atoms with Crippen molar-refractivity contribution in [3.8, 4) is 0 Å². The molecule has 130 valence electrons. The van der Waals surface area contributed by atoms with Crippen molar-refractivity contribution in [1.29, 1.82) is 0 Å². The predicted molar refractivity (Wildman–Crippen MR) is 94.8 cm³/mol. The van der Waals surface area contributed by atoms with Gasteiger partial charge in [0, 0.05) is 19.3 Å². The molecule has 5 heteroatoms. The van der Waals surface area contributed by atoms with Crippen molar-refractivity contribution >= 4 is 17.5 Å². The number of hydrogen-bond donors (Lipinski definition) is 1. The molecule has 25 heavy (non-hydrogen) atoms. The summed E-state index contributed by atoms with van der Waals surface area (Å²) in [7, 11) is 1.77. The Balaban J connectivity index is 1.68. The van der Waals surface area contributed by atoms with Crippen LogP contribution in [0, 0.1) is 5.82 Å². The fourth-order valence-corrected chi connectivity index (χ4v) is 3.18. The van der Waals surface area contributed by atoms with E-state index in [4.69, 9.17) is 0 Å². The van der Waals surface area contributed by atoms with Gasteiger partial charge in [0.25, 0.3) is 0 Å². The first-order valence-corrected chi connectivity index (χ1v) is 8.22. The Labute approximate surface area is 146 Å². The highest BCUT2D eigenvalue weighted by Gasteiger charge is 2.42. The minimum Gasteiger partial charge on any atom is -0.352 e. The Morgan fingerprint density at radius 2 is 1.76 bits per heavy atom. The largest absolute Gasteiger partial charge is 0.352 e. The Morgan fingerprint density at radius 3 is 2.44 bits per heavy atom. The third kappa shape index (κ3) is 3.27. The zero-order valence-corrected chi connectivity index (χ0v) is 14.6. The fourth-order valence-electron chi connectivity index (χ4n) is 3.18. The van der Waals surface area contributed by atoms with E-state index >= 15 is 0 Å². The third-order valence-corrected chi connectivity index (χ3v) is 4.70. The quantitative estimate of drug-likeness (QED) is 0.930. The van der Waals surface area contributed by atoms with Gasteiger partial charge in [0.2, 0.25) is 11.8 Å². The van der Waals surface area contributed by atoms with E-state index in [0.29, 0.717) is 6.54 Å². The normalized spacial score (nSPS) is 15.2.